The van der Waals surface area contributed by atoms with Crippen molar-refractivity contribution < 1.29 is 29.4 Å². The number of carbonyl (C=O) groups is 4. The van der Waals surface area contributed by atoms with Gasteiger partial charge in [0.1, 0.15) is 8.64 Å². The summed E-state index contributed by atoms with van der Waals surface area (Å²) >= 11 is 12.9. The molecule has 0 atom stereocenters. The molecule has 0 aromatic heterocycles. The number of aliphatic carboxylic acids is 2. The summed E-state index contributed by atoms with van der Waals surface area (Å²) in [6.07, 6.45) is 7.23. The lowest BCUT2D eigenvalue weighted by Gasteiger charge is -2.13. The number of allylic oxidation sites excluding steroid dienone is 2. The van der Waals surface area contributed by atoms with E-state index in [0.29, 0.717) is 70.1 Å². The third kappa shape index (κ3) is 7.98. The molecule has 0 aliphatic carbocycles. The molecule has 8 nitrogen and oxygen atoms in total. The van der Waals surface area contributed by atoms with Crippen LogP contribution in [0.3, 0.4) is 0 Å². The number of hydrogen-bond donors (Lipinski definition) is 2. The summed E-state index contributed by atoms with van der Waals surface area (Å²) in [6.45, 7) is 0.872. The summed E-state index contributed by atoms with van der Waals surface area (Å²) in [5.74, 6) is -2.10. The second-order valence-corrected chi connectivity index (χ2v) is 10.5. The lowest BCUT2D eigenvalue weighted by atomic mass is 10.2. The molecule has 0 radical (unpaired) electrons. The topological polar surface area (TPSA) is 115 Å². The molecule has 12 heteroatoms. The van der Waals surface area contributed by atoms with E-state index in [0.717, 1.165) is 0 Å². The van der Waals surface area contributed by atoms with Crippen LogP contribution in [0.25, 0.3) is 0 Å². The quantitative estimate of drug-likeness (QED) is 0.213. The lowest BCUT2D eigenvalue weighted by molar-refractivity contribution is -0.138. The fourth-order valence-electron chi connectivity index (χ4n) is 3.01. The molecule has 2 heterocycles. The fraction of sp³-hybridized carbons (Fsp3) is 0.500. The zero-order valence-corrected chi connectivity index (χ0v) is 20.5. The number of thiocarbonyl (C=S) groups is 2. The van der Waals surface area contributed by atoms with Crippen molar-refractivity contribution in [2.75, 3.05) is 13.1 Å². The van der Waals surface area contributed by atoms with Crippen LogP contribution in [0.4, 0.5) is 0 Å². The van der Waals surface area contributed by atoms with E-state index >= 15 is 0 Å². The van der Waals surface area contributed by atoms with Crippen LogP contribution in [-0.4, -0.2) is 65.5 Å². The van der Waals surface area contributed by atoms with E-state index in [1.807, 2.05) is 0 Å². The Morgan fingerprint density at radius 1 is 0.719 bits per heavy atom. The number of unbranched alkanes of at least 4 members (excludes halogenated alkanes) is 4. The SMILES string of the molecule is O=C(O)CCCCCN1C(=O)/C(=C/C=C2/SC(=S)N(CCCCCC(=O)O)C2=O)SC1=S. The molecule has 0 unspecified atom stereocenters. The van der Waals surface area contributed by atoms with E-state index in [4.69, 9.17) is 34.6 Å². The van der Waals surface area contributed by atoms with Crippen LogP contribution in [0, 0.1) is 0 Å². The van der Waals surface area contributed by atoms with Gasteiger partial charge in [0.15, 0.2) is 0 Å². The number of carboxylic acids is 2. The van der Waals surface area contributed by atoms with Crippen LogP contribution < -0.4 is 0 Å². The Morgan fingerprint density at radius 2 is 1.09 bits per heavy atom. The first-order valence-corrected chi connectivity index (χ1v) is 12.6. The minimum atomic E-state index is -0.831. The number of carbonyl (C=O) groups excluding carboxylic acids is 2. The number of carboxylic acid groups (broad SMARTS) is 2. The van der Waals surface area contributed by atoms with Gasteiger partial charge in [0.25, 0.3) is 11.8 Å². The van der Waals surface area contributed by atoms with Crippen molar-refractivity contribution in [1.29, 1.82) is 0 Å². The van der Waals surface area contributed by atoms with Gasteiger partial charge >= 0.3 is 11.9 Å². The van der Waals surface area contributed by atoms with Crippen LogP contribution >= 0.6 is 48.0 Å². The zero-order valence-electron chi connectivity index (χ0n) is 17.3. The minimum Gasteiger partial charge on any atom is -0.481 e. The van der Waals surface area contributed by atoms with E-state index in [2.05, 4.69) is 0 Å². The van der Waals surface area contributed by atoms with Crippen molar-refractivity contribution in [2.24, 2.45) is 0 Å². The Labute approximate surface area is 205 Å². The fourth-order valence-corrected chi connectivity index (χ4v) is 5.51. The molecular formula is C20H24N2O6S4. The summed E-state index contributed by atoms with van der Waals surface area (Å²) < 4.78 is 0.892. The molecule has 2 N–H and O–H groups in total. The maximum atomic E-state index is 12.6. The zero-order chi connectivity index (χ0) is 23.7. The second-order valence-electron chi connectivity index (χ2n) is 7.12. The van der Waals surface area contributed by atoms with E-state index in [9.17, 15) is 19.2 Å². The van der Waals surface area contributed by atoms with E-state index in [1.54, 1.807) is 12.2 Å². The molecule has 0 aromatic rings. The van der Waals surface area contributed by atoms with Crippen LogP contribution in [0.2, 0.25) is 0 Å². The largest absolute Gasteiger partial charge is 0.481 e. The first-order valence-electron chi connectivity index (χ1n) is 10.1. The highest BCUT2D eigenvalue weighted by Gasteiger charge is 2.33. The predicted molar refractivity (Wildman–Crippen MR) is 132 cm³/mol. The van der Waals surface area contributed by atoms with Crippen LogP contribution in [-0.2, 0) is 19.2 Å². The van der Waals surface area contributed by atoms with Gasteiger partial charge in [0.2, 0.25) is 0 Å². The van der Waals surface area contributed by atoms with Gasteiger partial charge in [-0.05, 0) is 37.8 Å². The number of nitrogens with zero attached hydrogens (tertiary/aromatic N) is 2. The first-order chi connectivity index (χ1) is 15.2. The highest BCUT2D eigenvalue weighted by molar-refractivity contribution is 8.27. The second kappa shape index (κ2) is 13.1. The third-order valence-corrected chi connectivity index (χ3v) is 7.47. The maximum absolute atomic E-state index is 12.6. The predicted octanol–water partition coefficient (Wildman–Crippen LogP) is 3.76. The molecule has 0 bridgehead atoms. The molecule has 2 rings (SSSR count). The summed E-state index contributed by atoms with van der Waals surface area (Å²) in [5, 5.41) is 17.3. The number of amides is 2. The number of rotatable bonds is 13. The number of thioether (sulfide) groups is 2. The van der Waals surface area contributed by atoms with Gasteiger partial charge in [-0.2, -0.15) is 0 Å². The van der Waals surface area contributed by atoms with Gasteiger partial charge < -0.3 is 10.2 Å². The van der Waals surface area contributed by atoms with E-state index < -0.39 is 11.9 Å². The van der Waals surface area contributed by atoms with Crippen molar-refractivity contribution in [3.8, 4) is 0 Å². The highest BCUT2D eigenvalue weighted by Crippen LogP contribution is 2.34. The Balaban J connectivity index is 1.87. The van der Waals surface area contributed by atoms with Gasteiger partial charge in [-0.1, -0.05) is 60.8 Å². The average Bonchev–Trinajstić information content (AvgIpc) is 3.14. The van der Waals surface area contributed by atoms with Gasteiger partial charge in [-0.15, -0.1) is 0 Å². The average molecular weight is 517 g/mol. The first kappa shape index (κ1) is 26.5. The molecular weight excluding hydrogens is 492 g/mol. The van der Waals surface area contributed by atoms with Gasteiger partial charge in [-0.25, -0.2) is 0 Å². The van der Waals surface area contributed by atoms with Crippen molar-refractivity contribution in [2.45, 2.75) is 51.4 Å². The Morgan fingerprint density at radius 3 is 1.44 bits per heavy atom. The van der Waals surface area contributed by atoms with Crippen molar-refractivity contribution >= 4 is 80.4 Å². The maximum Gasteiger partial charge on any atom is 0.303 e. The van der Waals surface area contributed by atoms with Gasteiger partial charge in [-0.3, -0.25) is 29.0 Å². The van der Waals surface area contributed by atoms with E-state index in [1.165, 1.54) is 33.3 Å². The minimum absolute atomic E-state index is 0.110. The summed E-state index contributed by atoms with van der Waals surface area (Å²) in [7, 11) is 0. The van der Waals surface area contributed by atoms with Crippen LogP contribution in [0.15, 0.2) is 22.0 Å². The Bertz CT molecular complexity index is 800. The molecule has 2 saturated heterocycles. The summed E-state index contributed by atoms with van der Waals surface area (Å²) in [4.78, 5) is 50.2. The molecule has 2 fully saturated rings. The normalized spacial score (nSPS) is 19.1. The molecule has 2 aliphatic heterocycles. The molecule has 32 heavy (non-hydrogen) atoms. The molecule has 174 valence electrons. The van der Waals surface area contributed by atoms with Gasteiger partial charge in [0.05, 0.1) is 9.81 Å². The molecule has 2 amide bonds. The lowest BCUT2D eigenvalue weighted by Crippen LogP contribution is -2.29. The standard InChI is InChI=1S/C20H24N2O6S4/c23-15(24)7-3-1-5-11-21-17(27)13(31-19(21)29)9-10-14-18(28)22(20(30)32-14)12-6-2-4-8-16(25)26/h9-10H,1-8,11-12H2,(H,23,24)(H,25,26)/b13-9-,14-10+. The molecule has 2 aliphatic rings. The molecule has 0 saturated carbocycles. The Kier molecular flexibility index (Phi) is 10.8. The van der Waals surface area contributed by atoms with Crippen molar-refractivity contribution in [3.05, 3.63) is 22.0 Å². The third-order valence-electron chi connectivity index (χ3n) is 4.68. The highest BCUT2D eigenvalue weighted by atomic mass is 32.2. The number of hydrogen-bond acceptors (Lipinski definition) is 8. The van der Waals surface area contributed by atoms with E-state index in [-0.39, 0.29) is 24.7 Å². The van der Waals surface area contributed by atoms with Crippen molar-refractivity contribution in [3.63, 3.8) is 0 Å². The smallest absolute Gasteiger partial charge is 0.303 e. The summed E-state index contributed by atoms with van der Waals surface area (Å²) in [5.41, 5.74) is 0. The van der Waals surface area contributed by atoms with Gasteiger partial charge in [0, 0.05) is 25.9 Å². The monoisotopic (exact) mass is 516 g/mol. The Hall–Kier alpha value is -1.76. The molecule has 0 aromatic carbocycles. The van der Waals surface area contributed by atoms with Crippen molar-refractivity contribution in [1.82, 2.24) is 9.80 Å². The molecule has 0 spiro atoms. The summed E-state index contributed by atoms with van der Waals surface area (Å²) in [6, 6.07) is 0. The van der Waals surface area contributed by atoms with Crippen LogP contribution in [0.1, 0.15) is 51.4 Å². The van der Waals surface area contributed by atoms with Crippen LogP contribution in [0.5, 0.6) is 0 Å².